The number of hydrogen-bond acceptors (Lipinski definition) is 3. The van der Waals surface area contributed by atoms with Gasteiger partial charge in [-0.05, 0) is 24.6 Å². The van der Waals surface area contributed by atoms with Crippen LogP contribution < -0.4 is 5.32 Å². The van der Waals surface area contributed by atoms with Crippen LogP contribution in [0.5, 0.6) is 0 Å². The van der Waals surface area contributed by atoms with Gasteiger partial charge in [0.05, 0.1) is 12.6 Å². The molecule has 110 valence electrons. The van der Waals surface area contributed by atoms with Crippen LogP contribution in [0.15, 0.2) is 54.6 Å². The van der Waals surface area contributed by atoms with Crippen molar-refractivity contribution in [2.24, 2.45) is 0 Å². The first-order valence-corrected chi connectivity index (χ1v) is 6.83. The second-order valence-corrected chi connectivity index (χ2v) is 4.99. The summed E-state index contributed by atoms with van der Waals surface area (Å²) in [6.45, 7) is 1.56. The van der Waals surface area contributed by atoms with E-state index in [9.17, 15) is 15.0 Å². The molecule has 21 heavy (non-hydrogen) atoms. The number of aryl methyl sites for hydroxylation is 1. The lowest BCUT2D eigenvalue weighted by Crippen LogP contribution is -2.42. The number of nitrogens with one attached hydrogen (secondary N) is 1. The second kappa shape index (κ2) is 7.02. The van der Waals surface area contributed by atoms with Gasteiger partial charge in [0.1, 0.15) is 6.10 Å². The first-order valence-electron chi connectivity index (χ1n) is 6.83. The maximum atomic E-state index is 12.2. The van der Waals surface area contributed by atoms with Crippen molar-refractivity contribution in [1.29, 1.82) is 0 Å². The standard InChI is InChI=1S/C17H19NO3/c1-12-6-5-9-14(10-12)17(21)18-15(11-19)16(20)13-7-3-2-4-8-13/h2-10,15-16,19-20H,11H2,1H3,(H,18,21)/t15-,16-/m0/s1. The molecule has 2 aromatic carbocycles. The molecule has 0 fully saturated rings. The van der Waals surface area contributed by atoms with Crippen LogP contribution in [0, 0.1) is 6.92 Å². The van der Waals surface area contributed by atoms with E-state index in [2.05, 4.69) is 5.32 Å². The van der Waals surface area contributed by atoms with Crippen molar-refractivity contribution in [1.82, 2.24) is 5.32 Å². The highest BCUT2D eigenvalue weighted by Crippen LogP contribution is 2.16. The van der Waals surface area contributed by atoms with Gasteiger partial charge in [0, 0.05) is 5.56 Å². The van der Waals surface area contributed by atoms with Gasteiger partial charge < -0.3 is 15.5 Å². The maximum Gasteiger partial charge on any atom is 0.251 e. The van der Waals surface area contributed by atoms with Crippen molar-refractivity contribution in [3.63, 3.8) is 0 Å². The summed E-state index contributed by atoms with van der Waals surface area (Å²) in [7, 11) is 0. The Morgan fingerprint density at radius 2 is 1.86 bits per heavy atom. The molecule has 0 aromatic heterocycles. The highest BCUT2D eigenvalue weighted by atomic mass is 16.3. The highest BCUT2D eigenvalue weighted by Gasteiger charge is 2.22. The molecule has 0 saturated carbocycles. The Balaban J connectivity index is 2.10. The minimum absolute atomic E-state index is 0.312. The van der Waals surface area contributed by atoms with Gasteiger partial charge in [-0.2, -0.15) is 0 Å². The lowest BCUT2D eigenvalue weighted by molar-refractivity contribution is 0.0703. The largest absolute Gasteiger partial charge is 0.394 e. The number of carbonyl (C=O) groups is 1. The fraction of sp³-hybridized carbons (Fsp3) is 0.235. The summed E-state index contributed by atoms with van der Waals surface area (Å²) in [6.07, 6.45) is -0.954. The van der Waals surface area contributed by atoms with Crippen LogP contribution in [0.4, 0.5) is 0 Å². The van der Waals surface area contributed by atoms with Crippen LogP contribution in [-0.2, 0) is 0 Å². The van der Waals surface area contributed by atoms with Crippen LogP contribution in [0.1, 0.15) is 27.6 Å². The molecule has 0 unspecified atom stereocenters. The molecule has 4 nitrogen and oxygen atoms in total. The fourth-order valence-corrected chi connectivity index (χ4v) is 2.14. The average Bonchev–Trinajstić information content (AvgIpc) is 2.52. The Bertz CT molecular complexity index is 598. The molecule has 0 radical (unpaired) electrons. The van der Waals surface area contributed by atoms with Crippen molar-refractivity contribution in [3.8, 4) is 0 Å². The first kappa shape index (κ1) is 15.2. The number of aliphatic hydroxyl groups is 2. The third-order valence-corrected chi connectivity index (χ3v) is 3.32. The van der Waals surface area contributed by atoms with Gasteiger partial charge in [-0.3, -0.25) is 4.79 Å². The van der Waals surface area contributed by atoms with Crippen molar-refractivity contribution in [3.05, 3.63) is 71.3 Å². The van der Waals surface area contributed by atoms with Gasteiger partial charge in [0.15, 0.2) is 0 Å². The molecule has 0 saturated heterocycles. The lowest BCUT2D eigenvalue weighted by Gasteiger charge is -2.22. The number of amides is 1. The van der Waals surface area contributed by atoms with Crippen LogP contribution >= 0.6 is 0 Å². The van der Waals surface area contributed by atoms with Crippen LogP contribution in [-0.4, -0.2) is 28.8 Å². The topological polar surface area (TPSA) is 69.6 Å². The fourth-order valence-electron chi connectivity index (χ4n) is 2.14. The molecule has 0 spiro atoms. The van der Waals surface area contributed by atoms with Gasteiger partial charge in [-0.1, -0.05) is 48.0 Å². The van der Waals surface area contributed by atoms with Crippen LogP contribution in [0.3, 0.4) is 0 Å². The van der Waals surface area contributed by atoms with E-state index in [-0.39, 0.29) is 12.5 Å². The molecule has 2 rings (SSSR count). The molecule has 0 bridgehead atoms. The van der Waals surface area contributed by atoms with E-state index >= 15 is 0 Å². The van der Waals surface area contributed by atoms with E-state index in [0.717, 1.165) is 5.56 Å². The van der Waals surface area contributed by atoms with Crippen molar-refractivity contribution in [2.75, 3.05) is 6.61 Å². The molecule has 2 atom stereocenters. The molecule has 0 aliphatic heterocycles. The zero-order chi connectivity index (χ0) is 15.2. The summed E-state index contributed by atoms with van der Waals surface area (Å²) in [5.74, 6) is -0.312. The van der Waals surface area contributed by atoms with Crippen molar-refractivity contribution >= 4 is 5.91 Å². The van der Waals surface area contributed by atoms with Crippen LogP contribution in [0.25, 0.3) is 0 Å². The molecule has 3 N–H and O–H groups in total. The lowest BCUT2D eigenvalue weighted by atomic mass is 10.0. The second-order valence-electron chi connectivity index (χ2n) is 4.99. The Kier molecular flexibility index (Phi) is 5.09. The Labute approximate surface area is 124 Å². The van der Waals surface area contributed by atoms with E-state index in [1.807, 2.05) is 19.1 Å². The molecule has 0 heterocycles. The van der Waals surface area contributed by atoms with E-state index in [1.54, 1.807) is 42.5 Å². The van der Waals surface area contributed by atoms with E-state index in [4.69, 9.17) is 0 Å². The van der Waals surface area contributed by atoms with Gasteiger partial charge in [0.25, 0.3) is 5.91 Å². The van der Waals surface area contributed by atoms with E-state index < -0.39 is 12.1 Å². The molecule has 0 aliphatic rings. The number of hydrogen-bond donors (Lipinski definition) is 3. The monoisotopic (exact) mass is 285 g/mol. The smallest absolute Gasteiger partial charge is 0.251 e. The van der Waals surface area contributed by atoms with Crippen molar-refractivity contribution in [2.45, 2.75) is 19.1 Å². The Morgan fingerprint density at radius 3 is 2.48 bits per heavy atom. The summed E-state index contributed by atoms with van der Waals surface area (Å²) in [4.78, 5) is 12.2. The minimum atomic E-state index is -0.954. The quantitative estimate of drug-likeness (QED) is 0.785. The zero-order valence-corrected chi connectivity index (χ0v) is 11.9. The predicted molar refractivity (Wildman–Crippen MR) is 80.9 cm³/mol. The Morgan fingerprint density at radius 1 is 1.14 bits per heavy atom. The summed E-state index contributed by atoms with van der Waals surface area (Å²) in [5.41, 5.74) is 2.14. The normalized spacial score (nSPS) is 13.5. The Hall–Kier alpha value is -2.17. The molecule has 0 aliphatic carbocycles. The zero-order valence-electron chi connectivity index (χ0n) is 11.9. The van der Waals surface area contributed by atoms with Crippen LogP contribution in [0.2, 0.25) is 0 Å². The summed E-state index contributed by atoms with van der Waals surface area (Å²) >= 11 is 0. The number of aliphatic hydroxyl groups excluding tert-OH is 2. The van der Waals surface area contributed by atoms with Gasteiger partial charge in [-0.15, -0.1) is 0 Å². The third kappa shape index (κ3) is 3.90. The predicted octanol–water partition coefficient (Wildman–Crippen LogP) is 1.82. The molecular weight excluding hydrogens is 266 g/mol. The maximum absolute atomic E-state index is 12.2. The summed E-state index contributed by atoms with van der Waals surface area (Å²) < 4.78 is 0. The highest BCUT2D eigenvalue weighted by molar-refractivity contribution is 5.94. The number of benzene rings is 2. The minimum Gasteiger partial charge on any atom is -0.394 e. The molecule has 2 aromatic rings. The number of rotatable bonds is 5. The molecule has 4 heteroatoms. The third-order valence-electron chi connectivity index (χ3n) is 3.32. The SMILES string of the molecule is Cc1cccc(C(=O)N[C@@H](CO)[C@@H](O)c2ccccc2)c1. The van der Waals surface area contributed by atoms with Gasteiger partial charge in [-0.25, -0.2) is 0 Å². The molecular formula is C17H19NO3. The summed E-state index contributed by atoms with van der Waals surface area (Å²) in [5, 5.41) is 22.4. The molecule has 1 amide bonds. The average molecular weight is 285 g/mol. The van der Waals surface area contributed by atoms with E-state index in [1.165, 1.54) is 0 Å². The first-order chi connectivity index (χ1) is 10.1. The summed E-state index contributed by atoms with van der Waals surface area (Å²) in [6, 6.07) is 15.4. The van der Waals surface area contributed by atoms with E-state index in [0.29, 0.717) is 11.1 Å². The van der Waals surface area contributed by atoms with Gasteiger partial charge >= 0.3 is 0 Å². The van der Waals surface area contributed by atoms with Crippen molar-refractivity contribution < 1.29 is 15.0 Å². The number of carbonyl (C=O) groups excluding carboxylic acids is 1. The van der Waals surface area contributed by atoms with Gasteiger partial charge in [0.2, 0.25) is 0 Å².